The molecule has 2 N–H and O–H groups in total. The van der Waals surface area contributed by atoms with Crippen molar-refractivity contribution in [2.75, 3.05) is 25.2 Å². The van der Waals surface area contributed by atoms with Crippen LogP contribution in [0, 0.1) is 5.92 Å². The molecule has 2 amide bonds. The van der Waals surface area contributed by atoms with Crippen LogP contribution in [0.25, 0.3) is 0 Å². The lowest BCUT2D eigenvalue weighted by Crippen LogP contribution is -2.32. The number of carbonyl (C=O) groups is 3. The van der Waals surface area contributed by atoms with Gasteiger partial charge in [0.15, 0.2) is 5.82 Å². The lowest BCUT2D eigenvalue weighted by molar-refractivity contribution is -0.126. The number of aryl methyl sites for hydroxylation is 1. The van der Waals surface area contributed by atoms with Gasteiger partial charge in [-0.2, -0.15) is 4.98 Å². The summed E-state index contributed by atoms with van der Waals surface area (Å²) in [6, 6.07) is 0. The number of methoxy groups -OCH3 is 1. The summed E-state index contributed by atoms with van der Waals surface area (Å²) in [6.45, 7) is 2.75. The number of ether oxygens (including phenoxy) is 1. The average Bonchev–Trinajstić information content (AvgIpc) is 3.45. The van der Waals surface area contributed by atoms with Gasteiger partial charge >= 0.3 is 0 Å². The fraction of sp³-hybridized carbons (Fsp3) is 0.588. The van der Waals surface area contributed by atoms with E-state index in [1.807, 2.05) is 0 Å². The Labute approximate surface area is 176 Å². The summed E-state index contributed by atoms with van der Waals surface area (Å²) < 4.78 is 10.0. The van der Waals surface area contributed by atoms with Gasteiger partial charge in [-0.25, -0.2) is 0 Å². The highest BCUT2D eigenvalue weighted by molar-refractivity contribution is 7.15. The number of amides is 2. The molecule has 30 heavy (non-hydrogen) atoms. The molecular formula is C17H24N6O6S. The van der Waals surface area contributed by atoms with E-state index in [2.05, 4.69) is 32.6 Å². The van der Waals surface area contributed by atoms with Crippen molar-refractivity contribution in [1.29, 1.82) is 0 Å². The molecule has 0 radical (unpaired) electrons. The minimum Gasteiger partial charge on any atom is -0.483 e. The largest absolute Gasteiger partial charge is 0.483 e. The summed E-state index contributed by atoms with van der Waals surface area (Å²) in [6.07, 6.45) is 2.48. The maximum atomic E-state index is 12.4. The molecule has 13 heteroatoms. The standard InChI is InChI=1S/C16H22N6O4S.CH2O2/c1-3-4-13-19-20-16(27-13)22-9-10(7-14(22)23)15(24)17-8-11-18-12(26-21-11)5-6-25-2;2-1-3/h10H,3-9H2,1-2H3,(H,17,24);1H,(H,2,3). The Morgan fingerprint density at radius 3 is 2.90 bits per heavy atom. The number of hydrogen-bond donors (Lipinski definition) is 2. The van der Waals surface area contributed by atoms with Crippen LogP contribution in [0.1, 0.15) is 36.5 Å². The van der Waals surface area contributed by atoms with Crippen molar-refractivity contribution in [2.24, 2.45) is 5.92 Å². The van der Waals surface area contributed by atoms with Crippen LogP contribution in [0.5, 0.6) is 0 Å². The van der Waals surface area contributed by atoms with Crippen molar-refractivity contribution in [2.45, 2.75) is 39.2 Å². The molecule has 1 unspecified atom stereocenters. The van der Waals surface area contributed by atoms with Gasteiger partial charge in [-0.1, -0.05) is 23.4 Å². The quantitative estimate of drug-likeness (QED) is 0.523. The minimum absolute atomic E-state index is 0.115. The summed E-state index contributed by atoms with van der Waals surface area (Å²) in [7, 11) is 1.59. The van der Waals surface area contributed by atoms with E-state index in [-0.39, 0.29) is 31.3 Å². The van der Waals surface area contributed by atoms with Crippen molar-refractivity contribution < 1.29 is 28.8 Å². The molecule has 1 fully saturated rings. The SMILES string of the molecule is CCCc1nnc(N2CC(C(=O)NCc3noc(CCOC)n3)CC2=O)s1.O=CO. The zero-order valence-electron chi connectivity index (χ0n) is 16.7. The molecular weight excluding hydrogens is 416 g/mol. The van der Waals surface area contributed by atoms with Gasteiger partial charge in [0, 0.05) is 26.5 Å². The number of nitrogens with one attached hydrogen (secondary N) is 1. The molecule has 12 nitrogen and oxygen atoms in total. The van der Waals surface area contributed by atoms with E-state index in [4.69, 9.17) is 19.2 Å². The van der Waals surface area contributed by atoms with Crippen LogP contribution in [0.3, 0.4) is 0 Å². The first-order chi connectivity index (χ1) is 14.5. The number of carboxylic acid groups (broad SMARTS) is 1. The molecule has 1 aliphatic rings. The van der Waals surface area contributed by atoms with Gasteiger partial charge in [0.1, 0.15) is 5.01 Å². The summed E-state index contributed by atoms with van der Waals surface area (Å²) in [5.41, 5.74) is 0. The molecule has 0 saturated carbocycles. The molecule has 164 valence electrons. The third kappa shape index (κ3) is 6.56. The summed E-state index contributed by atoms with van der Waals surface area (Å²) in [5, 5.41) is 23.1. The van der Waals surface area contributed by atoms with E-state index >= 15 is 0 Å². The monoisotopic (exact) mass is 440 g/mol. The van der Waals surface area contributed by atoms with Crippen LogP contribution in [-0.4, -0.2) is 64.0 Å². The molecule has 3 rings (SSSR count). The van der Waals surface area contributed by atoms with Gasteiger partial charge < -0.3 is 19.7 Å². The van der Waals surface area contributed by atoms with Gasteiger partial charge in [-0.05, 0) is 6.42 Å². The van der Waals surface area contributed by atoms with Crippen molar-refractivity contribution in [3.63, 3.8) is 0 Å². The lowest BCUT2D eigenvalue weighted by atomic mass is 10.1. The van der Waals surface area contributed by atoms with E-state index in [1.54, 1.807) is 7.11 Å². The number of nitrogens with zero attached hydrogens (tertiary/aromatic N) is 5. The summed E-state index contributed by atoms with van der Waals surface area (Å²) in [5.74, 6) is 0.0884. The Kier molecular flexibility index (Phi) is 9.28. The van der Waals surface area contributed by atoms with Crippen LogP contribution in [0.2, 0.25) is 0 Å². The first-order valence-electron chi connectivity index (χ1n) is 9.31. The fourth-order valence-corrected chi connectivity index (χ4v) is 3.67. The second-order valence-electron chi connectivity index (χ2n) is 6.30. The molecule has 2 aromatic rings. The van der Waals surface area contributed by atoms with E-state index in [0.29, 0.717) is 36.4 Å². The van der Waals surface area contributed by atoms with Gasteiger partial charge in [0.2, 0.25) is 22.8 Å². The lowest BCUT2D eigenvalue weighted by Gasteiger charge is -2.12. The Bertz CT molecular complexity index is 840. The number of carbonyl (C=O) groups excluding carboxylic acids is 2. The van der Waals surface area contributed by atoms with Crippen LogP contribution in [0.15, 0.2) is 4.52 Å². The molecule has 1 aliphatic heterocycles. The highest BCUT2D eigenvalue weighted by atomic mass is 32.1. The highest BCUT2D eigenvalue weighted by Gasteiger charge is 2.36. The number of aromatic nitrogens is 4. The van der Waals surface area contributed by atoms with Gasteiger partial charge in [-0.3, -0.25) is 19.3 Å². The van der Waals surface area contributed by atoms with Gasteiger partial charge in [-0.15, -0.1) is 10.2 Å². The molecule has 0 aliphatic carbocycles. The van der Waals surface area contributed by atoms with Crippen LogP contribution < -0.4 is 10.2 Å². The first kappa shape index (κ1) is 23.3. The van der Waals surface area contributed by atoms with Crippen molar-refractivity contribution >= 4 is 34.8 Å². The smallest absolute Gasteiger partial charge is 0.290 e. The molecule has 0 aromatic carbocycles. The van der Waals surface area contributed by atoms with Crippen LogP contribution in [-0.2, 0) is 38.5 Å². The molecule has 2 aromatic heterocycles. The minimum atomic E-state index is -0.434. The molecule has 0 spiro atoms. The Morgan fingerprint density at radius 2 is 2.20 bits per heavy atom. The Balaban J connectivity index is 0.00000101. The number of anilines is 1. The van der Waals surface area contributed by atoms with Crippen LogP contribution >= 0.6 is 11.3 Å². The maximum Gasteiger partial charge on any atom is 0.290 e. The predicted octanol–water partition coefficient (Wildman–Crippen LogP) is 0.433. The zero-order valence-corrected chi connectivity index (χ0v) is 17.6. The van der Waals surface area contributed by atoms with E-state index in [1.165, 1.54) is 16.2 Å². The normalized spacial score (nSPS) is 15.6. The molecule has 3 heterocycles. The second-order valence-corrected chi connectivity index (χ2v) is 7.34. The topological polar surface area (TPSA) is 161 Å². The van der Waals surface area contributed by atoms with E-state index in [0.717, 1.165) is 17.8 Å². The van der Waals surface area contributed by atoms with Gasteiger partial charge in [0.05, 0.1) is 25.5 Å². The fourth-order valence-electron chi connectivity index (χ4n) is 2.70. The van der Waals surface area contributed by atoms with Gasteiger partial charge in [0.25, 0.3) is 6.47 Å². The molecule has 1 saturated heterocycles. The predicted molar refractivity (Wildman–Crippen MR) is 105 cm³/mol. The Morgan fingerprint density at radius 1 is 1.43 bits per heavy atom. The second kappa shape index (κ2) is 11.9. The first-order valence-corrected chi connectivity index (χ1v) is 10.1. The third-order valence-corrected chi connectivity index (χ3v) is 5.10. The van der Waals surface area contributed by atoms with E-state index < -0.39 is 5.92 Å². The van der Waals surface area contributed by atoms with Crippen molar-refractivity contribution in [1.82, 2.24) is 25.7 Å². The summed E-state index contributed by atoms with van der Waals surface area (Å²) >= 11 is 1.40. The maximum absolute atomic E-state index is 12.4. The zero-order chi connectivity index (χ0) is 21.9. The van der Waals surface area contributed by atoms with E-state index in [9.17, 15) is 9.59 Å². The van der Waals surface area contributed by atoms with Crippen molar-refractivity contribution in [3.8, 4) is 0 Å². The number of hydrogen-bond acceptors (Lipinski definition) is 10. The average molecular weight is 440 g/mol. The third-order valence-electron chi connectivity index (χ3n) is 4.10. The molecule has 1 atom stereocenters. The summed E-state index contributed by atoms with van der Waals surface area (Å²) in [4.78, 5) is 38.7. The van der Waals surface area contributed by atoms with Crippen molar-refractivity contribution in [3.05, 3.63) is 16.7 Å². The number of rotatable bonds is 9. The molecule has 0 bridgehead atoms. The van der Waals surface area contributed by atoms with Crippen LogP contribution in [0.4, 0.5) is 5.13 Å². The Hall–Kier alpha value is -2.93. The highest BCUT2D eigenvalue weighted by Crippen LogP contribution is 2.28.